The number of hydrogen-bond donors (Lipinski definition) is 1. The lowest BCUT2D eigenvalue weighted by Crippen LogP contribution is -2.63. The van der Waals surface area contributed by atoms with Crippen molar-refractivity contribution in [2.75, 3.05) is 31.6 Å². The third kappa shape index (κ3) is 4.95. The molecule has 0 spiro atoms. The molecule has 0 radical (unpaired) electrons. The molecule has 1 amide bonds. The summed E-state index contributed by atoms with van der Waals surface area (Å²) in [5.41, 5.74) is -0.609. The Labute approximate surface area is 202 Å². The highest BCUT2D eigenvalue weighted by molar-refractivity contribution is 6.09. The predicted molar refractivity (Wildman–Crippen MR) is 127 cm³/mol. The molecular formula is C26H27N3O6. The molecule has 1 N–H and O–H groups in total. The number of aromatic nitrogens is 1. The summed E-state index contributed by atoms with van der Waals surface area (Å²) >= 11 is 0. The molecule has 1 fully saturated rings. The zero-order chi connectivity index (χ0) is 24.8. The lowest BCUT2D eigenvalue weighted by molar-refractivity contribution is -0.149. The number of pyridine rings is 1. The van der Waals surface area contributed by atoms with Crippen molar-refractivity contribution in [2.45, 2.75) is 24.3 Å². The van der Waals surface area contributed by atoms with Crippen molar-refractivity contribution in [3.8, 4) is 0 Å². The van der Waals surface area contributed by atoms with E-state index < -0.39 is 29.3 Å². The van der Waals surface area contributed by atoms with Crippen LogP contribution in [0.1, 0.15) is 34.9 Å². The van der Waals surface area contributed by atoms with Crippen LogP contribution in [0.3, 0.4) is 0 Å². The third-order valence-electron chi connectivity index (χ3n) is 6.43. The second-order valence-corrected chi connectivity index (χ2v) is 8.43. The van der Waals surface area contributed by atoms with E-state index in [1.54, 1.807) is 42.6 Å². The fourth-order valence-electron chi connectivity index (χ4n) is 4.60. The zero-order valence-corrected chi connectivity index (χ0v) is 19.4. The maximum atomic E-state index is 13.6. The topological polar surface area (TPSA) is 113 Å². The Morgan fingerprint density at radius 2 is 1.80 bits per heavy atom. The molecular weight excluding hydrogens is 450 g/mol. The van der Waals surface area contributed by atoms with Gasteiger partial charge in [0.15, 0.2) is 5.76 Å². The van der Waals surface area contributed by atoms with Gasteiger partial charge in [0, 0.05) is 25.8 Å². The summed E-state index contributed by atoms with van der Waals surface area (Å²) in [6.07, 6.45) is 3.43. The molecule has 35 heavy (non-hydrogen) atoms. The summed E-state index contributed by atoms with van der Waals surface area (Å²) < 4.78 is 10.5. The number of likely N-dealkylation sites (tertiary alicyclic amines) is 1. The number of rotatable bonds is 8. The maximum Gasteiger partial charge on any atom is 0.332 e. The van der Waals surface area contributed by atoms with Crippen LogP contribution >= 0.6 is 0 Å². The second-order valence-electron chi connectivity index (χ2n) is 8.43. The molecule has 1 aliphatic rings. The van der Waals surface area contributed by atoms with E-state index >= 15 is 0 Å². The van der Waals surface area contributed by atoms with Crippen molar-refractivity contribution < 1.29 is 28.6 Å². The minimum absolute atomic E-state index is 0.0800. The van der Waals surface area contributed by atoms with Crippen molar-refractivity contribution in [3.05, 3.63) is 84.4 Å². The molecule has 3 aromatic rings. The number of esters is 1. The highest BCUT2D eigenvalue weighted by atomic mass is 16.5. The van der Waals surface area contributed by atoms with E-state index in [4.69, 9.17) is 9.15 Å². The van der Waals surface area contributed by atoms with E-state index in [1.807, 2.05) is 23.1 Å². The molecule has 2 aromatic heterocycles. The highest BCUT2D eigenvalue weighted by Gasteiger charge is 2.51. The molecule has 1 unspecified atom stereocenters. The smallest absolute Gasteiger partial charge is 0.332 e. The Hall–Kier alpha value is -3.98. The standard InChI is InChI=1S/C26H27N3O6/c1-34-25(33)26(29(22-11-5-6-14-27-22)23(30)21-10-7-17-35-21)12-15-28(16-13-26)18-20(24(31)32)19-8-3-2-4-9-19/h2-11,14,17,20H,12-13,15-16,18H2,1H3,(H,31,32). The number of piperidine rings is 1. The van der Waals surface area contributed by atoms with E-state index in [1.165, 1.54) is 24.3 Å². The first-order valence-corrected chi connectivity index (χ1v) is 11.3. The average Bonchev–Trinajstić information content (AvgIpc) is 3.44. The molecule has 1 atom stereocenters. The summed E-state index contributed by atoms with van der Waals surface area (Å²) in [7, 11) is 1.29. The summed E-state index contributed by atoms with van der Waals surface area (Å²) in [5, 5.41) is 9.83. The van der Waals surface area contributed by atoms with Crippen LogP contribution in [0.4, 0.5) is 5.82 Å². The van der Waals surface area contributed by atoms with Crippen molar-refractivity contribution in [1.82, 2.24) is 9.88 Å². The number of benzene rings is 1. The van der Waals surface area contributed by atoms with Crippen molar-refractivity contribution >= 4 is 23.7 Å². The van der Waals surface area contributed by atoms with Gasteiger partial charge >= 0.3 is 11.9 Å². The second kappa shape index (κ2) is 10.5. The first-order valence-electron chi connectivity index (χ1n) is 11.3. The number of carboxylic acids is 1. The molecule has 9 nitrogen and oxygen atoms in total. The molecule has 182 valence electrons. The summed E-state index contributed by atoms with van der Waals surface area (Å²) in [6, 6.07) is 17.3. The van der Waals surface area contributed by atoms with Gasteiger partial charge < -0.3 is 19.2 Å². The van der Waals surface area contributed by atoms with Gasteiger partial charge in [0.25, 0.3) is 5.91 Å². The number of nitrogens with zero attached hydrogens (tertiary/aromatic N) is 3. The van der Waals surface area contributed by atoms with Crippen LogP contribution in [-0.2, 0) is 14.3 Å². The molecule has 9 heteroatoms. The van der Waals surface area contributed by atoms with E-state index in [0.29, 0.717) is 24.5 Å². The number of methoxy groups -OCH3 is 1. The number of carbonyl (C=O) groups excluding carboxylic acids is 2. The Morgan fingerprint density at radius 3 is 2.37 bits per heavy atom. The molecule has 4 rings (SSSR count). The minimum Gasteiger partial charge on any atom is -0.481 e. The van der Waals surface area contributed by atoms with Gasteiger partial charge in [-0.3, -0.25) is 14.5 Å². The fourth-order valence-corrected chi connectivity index (χ4v) is 4.60. The van der Waals surface area contributed by atoms with E-state index in [0.717, 1.165) is 0 Å². The average molecular weight is 478 g/mol. The number of amides is 1. The molecule has 1 aliphatic heterocycles. The van der Waals surface area contributed by atoms with Crippen LogP contribution in [-0.4, -0.2) is 65.1 Å². The molecule has 0 saturated carbocycles. The first-order chi connectivity index (χ1) is 17.0. The quantitative estimate of drug-likeness (QED) is 0.492. The van der Waals surface area contributed by atoms with Crippen LogP contribution in [0, 0.1) is 0 Å². The lowest BCUT2D eigenvalue weighted by Gasteiger charge is -2.46. The zero-order valence-electron chi connectivity index (χ0n) is 19.4. The number of anilines is 1. The normalized spacial score (nSPS) is 16.3. The molecule has 1 saturated heterocycles. The van der Waals surface area contributed by atoms with Crippen LogP contribution in [0.5, 0.6) is 0 Å². The highest BCUT2D eigenvalue weighted by Crippen LogP contribution is 2.36. The molecule has 0 aliphatic carbocycles. The third-order valence-corrected chi connectivity index (χ3v) is 6.43. The van der Waals surface area contributed by atoms with Crippen LogP contribution in [0.15, 0.2) is 77.5 Å². The van der Waals surface area contributed by atoms with Crippen molar-refractivity contribution in [2.24, 2.45) is 0 Å². The Balaban J connectivity index is 1.63. The SMILES string of the molecule is COC(=O)C1(N(C(=O)c2ccco2)c2ccccn2)CCN(CC(C(=O)O)c2ccccc2)CC1. The summed E-state index contributed by atoms with van der Waals surface area (Å²) in [6.45, 7) is 1.06. The number of carbonyl (C=O) groups is 3. The molecule has 0 bridgehead atoms. The minimum atomic E-state index is -1.32. The molecule has 1 aromatic carbocycles. The van der Waals surface area contributed by atoms with Gasteiger partial charge in [-0.2, -0.15) is 0 Å². The maximum absolute atomic E-state index is 13.6. The predicted octanol–water partition coefficient (Wildman–Crippen LogP) is 3.20. The Kier molecular flexibility index (Phi) is 7.26. The number of carboxylic acid groups (broad SMARTS) is 1. The number of hydrogen-bond acceptors (Lipinski definition) is 7. The first kappa shape index (κ1) is 24.2. The molecule has 3 heterocycles. The summed E-state index contributed by atoms with van der Waals surface area (Å²) in [4.78, 5) is 46.5. The number of ether oxygens (including phenoxy) is 1. The van der Waals surface area contributed by atoms with E-state index in [2.05, 4.69) is 4.98 Å². The largest absolute Gasteiger partial charge is 0.481 e. The van der Waals surface area contributed by atoms with Gasteiger partial charge in [-0.1, -0.05) is 36.4 Å². The Bertz CT molecular complexity index is 1140. The van der Waals surface area contributed by atoms with Crippen molar-refractivity contribution in [1.29, 1.82) is 0 Å². The van der Waals surface area contributed by atoms with Gasteiger partial charge in [-0.05, 0) is 42.7 Å². The van der Waals surface area contributed by atoms with E-state index in [9.17, 15) is 19.5 Å². The number of aliphatic carboxylic acids is 1. The monoisotopic (exact) mass is 477 g/mol. The summed E-state index contributed by atoms with van der Waals surface area (Å²) in [5.74, 6) is -2.29. The van der Waals surface area contributed by atoms with Gasteiger partial charge in [0.2, 0.25) is 0 Å². The van der Waals surface area contributed by atoms with Gasteiger partial charge in [-0.15, -0.1) is 0 Å². The van der Waals surface area contributed by atoms with Gasteiger partial charge in [0.1, 0.15) is 11.4 Å². The Morgan fingerprint density at radius 1 is 1.09 bits per heavy atom. The number of furan rings is 1. The fraction of sp³-hybridized carbons (Fsp3) is 0.308. The van der Waals surface area contributed by atoms with Crippen molar-refractivity contribution in [3.63, 3.8) is 0 Å². The van der Waals surface area contributed by atoms with Crippen LogP contribution in [0.25, 0.3) is 0 Å². The van der Waals surface area contributed by atoms with Gasteiger partial charge in [0.05, 0.1) is 19.3 Å². The van der Waals surface area contributed by atoms with Crippen LogP contribution in [0.2, 0.25) is 0 Å². The lowest BCUT2D eigenvalue weighted by atomic mass is 9.84. The van der Waals surface area contributed by atoms with Gasteiger partial charge in [-0.25, -0.2) is 9.78 Å². The van der Waals surface area contributed by atoms with Crippen LogP contribution < -0.4 is 4.90 Å². The van der Waals surface area contributed by atoms with E-state index in [-0.39, 0.29) is 25.1 Å².